The summed E-state index contributed by atoms with van der Waals surface area (Å²) in [5, 5.41) is 3.28. The molecule has 0 aromatic heterocycles. The van der Waals surface area contributed by atoms with Crippen LogP contribution in [0.4, 0.5) is 0 Å². The Morgan fingerprint density at radius 2 is 2.00 bits per heavy atom. The molecule has 1 heterocycles. The summed E-state index contributed by atoms with van der Waals surface area (Å²) in [5.41, 5.74) is 1.22. The van der Waals surface area contributed by atoms with E-state index in [4.69, 9.17) is 0 Å². The van der Waals surface area contributed by atoms with Gasteiger partial charge in [-0.1, -0.05) is 15.9 Å². The first kappa shape index (κ1) is 7.80. The van der Waals surface area contributed by atoms with Crippen molar-refractivity contribution in [1.29, 1.82) is 0 Å². The molecule has 0 fully saturated rings. The fourth-order valence-corrected chi connectivity index (χ4v) is 1.52. The topological polar surface area (TPSA) is 26.0 Å². The van der Waals surface area contributed by atoms with Crippen molar-refractivity contribution in [3.05, 3.63) is 34.3 Å². The summed E-state index contributed by atoms with van der Waals surface area (Å²) in [4.78, 5) is 3.28. The van der Waals surface area contributed by atoms with Crippen LogP contribution in [0.15, 0.2) is 28.7 Å². The van der Waals surface area contributed by atoms with Gasteiger partial charge in [0.25, 0.3) is 5.84 Å². The zero-order valence-corrected chi connectivity index (χ0v) is 8.19. The fraction of sp³-hybridized carbons (Fsp3) is 0.222. The van der Waals surface area contributed by atoms with Gasteiger partial charge in [-0.2, -0.15) is 0 Å². The third kappa shape index (κ3) is 1.50. The standard InChI is InChI=1S/C9H9BrN2/c10-8-3-1-7(2-4-8)9-11-5-6-12-9/h1-4H,5-6H2,(H,11,12)/p+1. The average molecular weight is 226 g/mol. The Labute approximate surface area is 79.8 Å². The van der Waals surface area contributed by atoms with Crippen molar-refractivity contribution >= 4 is 21.8 Å². The molecule has 2 rings (SSSR count). The average Bonchev–Trinajstić information content (AvgIpc) is 2.58. The van der Waals surface area contributed by atoms with E-state index >= 15 is 0 Å². The predicted molar refractivity (Wildman–Crippen MR) is 52.1 cm³/mol. The van der Waals surface area contributed by atoms with E-state index in [0.717, 1.165) is 23.4 Å². The molecule has 2 N–H and O–H groups in total. The fourth-order valence-electron chi connectivity index (χ4n) is 1.26. The van der Waals surface area contributed by atoms with Crippen molar-refractivity contribution in [2.45, 2.75) is 0 Å². The Hall–Kier alpha value is -0.830. The maximum absolute atomic E-state index is 3.40. The second kappa shape index (κ2) is 3.27. The van der Waals surface area contributed by atoms with Gasteiger partial charge in [0, 0.05) is 4.47 Å². The molecule has 0 atom stereocenters. The first-order valence-corrected chi connectivity index (χ1v) is 4.76. The van der Waals surface area contributed by atoms with E-state index < -0.39 is 0 Å². The van der Waals surface area contributed by atoms with Gasteiger partial charge in [0.2, 0.25) is 0 Å². The second-order valence-electron chi connectivity index (χ2n) is 2.74. The van der Waals surface area contributed by atoms with Crippen molar-refractivity contribution in [3.63, 3.8) is 0 Å². The lowest BCUT2D eigenvalue weighted by atomic mass is 10.2. The Morgan fingerprint density at radius 1 is 1.25 bits per heavy atom. The van der Waals surface area contributed by atoms with Gasteiger partial charge in [0.15, 0.2) is 0 Å². The van der Waals surface area contributed by atoms with Gasteiger partial charge in [-0.3, -0.25) is 10.3 Å². The molecule has 0 radical (unpaired) electrons. The van der Waals surface area contributed by atoms with E-state index in [9.17, 15) is 0 Å². The quantitative estimate of drug-likeness (QED) is 0.686. The lowest BCUT2D eigenvalue weighted by Crippen LogP contribution is -2.70. The summed E-state index contributed by atoms with van der Waals surface area (Å²) in [6, 6.07) is 8.27. The molecule has 1 aliphatic heterocycles. The molecule has 1 aliphatic rings. The van der Waals surface area contributed by atoms with Crippen LogP contribution in [0.3, 0.4) is 0 Å². The summed E-state index contributed by atoms with van der Waals surface area (Å²) in [7, 11) is 0. The van der Waals surface area contributed by atoms with Crippen LogP contribution in [-0.2, 0) is 0 Å². The van der Waals surface area contributed by atoms with Crippen molar-refractivity contribution in [1.82, 2.24) is 5.32 Å². The summed E-state index contributed by atoms with van der Waals surface area (Å²) in [6.07, 6.45) is 0. The van der Waals surface area contributed by atoms with E-state index in [-0.39, 0.29) is 0 Å². The van der Waals surface area contributed by atoms with Gasteiger partial charge in [-0.05, 0) is 24.3 Å². The minimum absolute atomic E-state index is 1.02. The highest BCUT2D eigenvalue weighted by atomic mass is 79.9. The number of hydrogen-bond donors (Lipinski definition) is 2. The largest absolute Gasteiger partial charge is 0.275 e. The molecule has 0 saturated heterocycles. The summed E-state index contributed by atoms with van der Waals surface area (Å²) >= 11 is 3.40. The molecule has 0 bridgehead atoms. The molecule has 0 aliphatic carbocycles. The highest BCUT2D eigenvalue weighted by Gasteiger charge is 2.13. The first-order valence-electron chi connectivity index (χ1n) is 3.97. The van der Waals surface area contributed by atoms with E-state index in [0.29, 0.717) is 0 Å². The zero-order chi connectivity index (χ0) is 8.39. The van der Waals surface area contributed by atoms with Gasteiger partial charge in [-0.25, -0.2) is 0 Å². The second-order valence-corrected chi connectivity index (χ2v) is 3.65. The van der Waals surface area contributed by atoms with Crippen molar-refractivity contribution in [3.8, 4) is 0 Å². The van der Waals surface area contributed by atoms with Crippen LogP contribution in [0, 0.1) is 0 Å². The number of nitrogens with one attached hydrogen (secondary N) is 2. The molecule has 62 valence electrons. The highest BCUT2D eigenvalue weighted by molar-refractivity contribution is 9.10. The lowest BCUT2D eigenvalue weighted by molar-refractivity contribution is -0.444. The predicted octanol–water partition coefficient (Wildman–Crippen LogP) is -0.121. The Morgan fingerprint density at radius 3 is 2.58 bits per heavy atom. The van der Waals surface area contributed by atoms with Crippen LogP contribution in [0.25, 0.3) is 0 Å². The maximum Gasteiger partial charge on any atom is 0.275 e. The lowest BCUT2D eigenvalue weighted by Gasteiger charge is -1.95. The summed E-state index contributed by atoms with van der Waals surface area (Å²) in [6.45, 7) is 2.04. The van der Waals surface area contributed by atoms with E-state index in [1.807, 2.05) is 12.1 Å². The molecule has 1 aromatic carbocycles. The molecule has 0 unspecified atom stereocenters. The van der Waals surface area contributed by atoms with Crippen molar-refractivity contribution in [2.75, 3.05) is 13.1 Å². The molecule has 1 aromatic rings. The van der Waals surface area contributed by atoms with E-state index in [1.54, 1.807) is 0 Å². The third-order valence-electron chi connectivity index (χ3n) is 1.86. The molecular weight excluding hydrogens is 216 g/mol. The number of rotatable bonds is 1. The molecule has 0 saturated carbocycles. The number of hydrogen-bond acceptors (Lipinski definition) is 1. The first-order chi connectivity index (χ1) is 5.86. The van der Waals surface area contributed by atoms with Gasteiger partial charge in [0.05, 0.1) is 5.56 Å². The van der Waals surface area contributed by atoms with Gasteiger partial charge in [0.1, 0.15) is 13.1 Å². The van der Waals surface area contributed by atoms with Gasteiger partial charge < -0.3 is 0 Å². The Balaban J connectivity index is 2.28. The smallest absolute Gasteiger partial charge is 0.270 e. The minimum atomic E-state index is 1.02. The normalized spacial score (nSPS) is 15.6. The monoisotopic (exact) mass is 225 g/mol. The highest BCUT2D eigenvalue weighted by Crippen LogP contribution is 2.09. The van der Waals surface area contributed by atoms with Gasteiger partial charge in [-0.15, -0.1) is 0 Å². The van der Waals surface area contributed by atoms with E-state index in [2.05, 4.69) is 38.4 Å². The van der Waals surface area contributed by atoms with E-state index in [1.165, 1.54) is 5.56 Å². The maximum atomic E-state index is 3.40. The zero-order valence-electron chi connectivity index (χ0n) is 6.60. The molecule has 12 heavy (non-hydrogen) atoms. The molecule has 2 nitrogen and oxygen atoms in total. The number of amidine groups is 1. The summed E-state index contributed by atoms with van der Waals surface area (Å²) < 4.78 is 1.12. The molecule has 0 spiro atoms. The SMILES string of the molecule is Brc1ccc(C2=[NH+]CCN2)cc1. The number of benzene rings is 1. The third-order valence-corrected chi connectivity index (χ3v) is 2.39. The van der Waals surface area contributed by atoms with Crippen LogP contribution in [0.5, 0.6) is 0 Å². The van der Waals surface area contributed by atoms with Crippen molar-refractivity contribution < 1.29 is 4.99 Å². The van der Waals surface area contributed by atoms with Crippen LogP contribution >= 0.6 is 15.9 Å². The molecule has 3 heteroatoms. The molecule has 0 amide bonds. The Kier molecular flexibility index (Phi) is 2.13. The number of halogens is 1. The van der Waals surface area contributed by atoms with Crippen LogP contribution < -0.4 is 10.3 Å². The Bertz CT molecular complexity index is 303. The van der Waals surface area contributed by atoms with Crippen molar-refractivity contribution in [2.24, 2.45) is 0 Å². The van der Waals surface area contributed by atoms with Crippen LogP contribution in [0.2, 0.25) is 0 Å². The van der Waals surface area contributed by atoms with Crippen LogP contribution in [-0.4, -0.2) is 18.9 Å². The molecular formula is C9H10BrN2+. The van der Waals surface area contributed by atoms with Crippen LogP contribution in [0.1, 0.15) is 5.56 Å². The minimum Gasteiger partial charge on any atom is -0.270 e. The summed E-state index contributed by atoms with van der Waals surface area (Å²) in [5.74, 6) is 1.14. The van der Waals surface area contributed by atoms with Gasteiger partial charge >= 0.3 is 0 Å².